The van der Waals surface area contributed by atoms with Gasteiger partial charge in [-0.15, -0.1) is 11.6 Å². The molecule has 1 unspecified atom stereocenters. The molecular formula is C15H22ClNO3S. The topological polar surface area (TPSA) is 50.5 Å². The monoisotopic (exact) mass is 331 g/mol. The normalized spacial score (nSPS) is 25.0. The van der Waals surface area contributed by atoms with Crippen molar-refractivity contribution in [1.29, 1.82) is 0 Å². The molecule has 1 aliphatic heterocycles. The Bertz CT molecular complexity index is 604. The molecule has 1 saturated carbocycles. The zero-order chi connectivity index (χ0) is 15.0. The van der Waals surface area contributed by atoms with Crippen molar-refractivity contribution >= 4 is 21.6 Å². The van der Waals surface area contributed by atoms with E-state index in [1.807, 2.05) is 0 Å². The molecule has 0 N–H and O–H groups in total. The summed E-state index contributed by atoms with van der Waals surface area (Å²) in [5.41, 5.74) is 0. The smallest absolute Gasteiger partial charge is 0.246 e. The first kappa shape index (κ1) is 15.4. The van der Waals surface area contributed by atoms with Gasteiger partial charge in [0.25, 0.3) is 0 Å². The Labute approximate surface area is 131 Å². The summed E-state index contributed by atoms with van der Waals surface area (Å²) in [6, 6.07) is 1.76. The summed E-state index contributed by atoms with van der Waals surface area (Å²) in [7, 11) is -3.46. The first-order valence-corrected chi connectivity index (χ1v) is 9.68. The molecule has 4 nitrogen and oxygen atoms in total. The van der Waals surface area contributed by atoms with Crippen molar-refractivity contribution in [3.63, 3.8) is 0 Å². The van der Waals surface area contributed by atoms with E-state index in [-0.39, 0.29) is 11.9 Å². The van der Waals surface area contributed by atoms with E-state index in [0.717, 1.165) is 25.7 Å². The number of hydrogen-bond acceptors (Lipinski definition) is 3. The number of halogens is 1. The van der Waals surface area contributed by atoms with Crippen LogP contribution in [0.1, 0.15) is 50.0 Å². The third kappa shape index (κ3) is 2.76. The molecule has 2 aliphatic rings. The van der Waals surface area contributed by atoms with Crippen molar-refractivity contribution in [2.75, 3.05) is 6.54 Å². The van der Waals surface area contributed by atoms with Crippen LogP contribution in [-0.4, -0.2) is 25.3 Å². The summed E-state index contributed by atoms with van der Waals surface area (Å²) < 4.78 is 33.1. The lowest BCUT2D eigenvalue weighted by molar-refractivity contribution is 0.288. The van der Waals surface area contributed by atoms with Gasteiger partial charge in [0.15, 0.2) is 0 Å². The van der Waals surface area contributed by atoms with E-state index in [4.69, 9.17) is 16.0 Å². The Balaban J connectivity index is 1.90. The van der Waals surface area contributed by atoms with Crippen LogP contribution in [0.15, 0.2) is 15.4 Å². The second-order valence-electron chi connectivity index (χ2n) is 6.14. The molecule has 6 heteroatoms. The minimum absolute atomic E-state index is 0.172. The number of furan rings is 1. The van der Waals surface area contributed by atoms with Gasteiger partial charge < -0.3 is 4.42 Å². The highest BCUT2D eigenvalue weighted by molar-refractivity contribution is 7.89. The Kier molecular flexibility index (Phi) is 4.35. The largest absolute Gasteiger partial charge is 0.464 e. The van der Waals surface area contributed by atoms with Crippen LogP contribution in [0.25, 0.3) is 0 Å². The van der Waals surface area contributed by atoms with Gasteiger partial charge in [-0.25, -0.2) is 8.42 Å². The average Bonchev–Trinajstić information content (AvgIpc) is 3.18. The highest BCUT2D eigenvalue weighted by Gasteiger charge is 2.41. The van der Waals surface area contributed by atoms with Gasteiger partial charge in [0.1, 0.15) is 16.4 Å². The lowest BCUT2D eigenvalue weighted by atomic mass is 9.97. The summed E-state index contributed by atoms with van der Waals surface area (Å²) >= 11 is 5.75. The Hall–Kier alpha value is -0.520. The zero-order valence-electron chi connectivity index (χ0n) is 12.3. The minimum atomic E-state index is -3.46. The predicted molar refractivity (Wildman–Crippen MR) is 81.9 cm³/mol. The van der Waals surface area contributed by atoms with Gasteiger partial charge in [-0.3, -0.25) is 0 Å². The zero-order valence-corrected chi connectivity index (χ0v) is 13.9. The molecule has 2 heterocycles. The van der Waals surface area contributed by atoms with E-state index in [2.05, 4.69) is 0 Å². The van der Waals surface area contributed by atoms with Crippen molar-refractivity contribution in [2.24, 2.45) is 5.92 Å². The molecule has 21 heavy (non-hydrogen) atoms. The second kappa shape index (κ2) is 5.94. The summed E-state index contributed by atoms with van der Waals surface area (Å²) in [5.74, 6) is 1.69. The molecule has 1 atom stereocenters. The van der Waals surface area contributed by atoms with Gasteiger partial charge in [-0.2, -0.15) is 4.31 Å². The molecule has 118 valence electrons. The fourth-order valence-corrected chi connectivity index (χ4v) is 5.92. The van der Waals surface area contributed by atoms with Crippen LogP contribution < -0.4 is 0 Å². The molecule has 1 aromatic heterocycles. The third-order valence-corrected chi connectivity index (χ3v) is 7.13. The average molecular weight is 332 g/mol. The Morgan fingerprint density at radius 1 is 1.29 bits per heavy atom. The molecule has 1 saturated heterocycles. The van der Waals surface area contributed by atoms with E-state index in [1.165, 1.54) is 12.8 Å². The van der Waals surface area contributed by atoms with Crippen LogP contribution >= 0.6 is 11.6 Å². The van der Waals surface area contributed by atoms with Crippen LogP contribution in [0.3, 0.4) is 0 Å². The van der Waals surface area contributed by atoms with E-state index >= 15 is 0 Å². The summed E-state index contributed by atoms with van der Waals surface area (Å²) in [6.45, 7) is 2.33. The lowest BCUT2D eigenvalue weighted by Gasteiger charge is -2.28. The molecule has 0 bridgehead atoms. The maximum atomic E-state index is 13.0. The van der Waals surface area contributed by atoms with Crippen molar-refractivity contribution in [3.05, 3.63) is 17.6 Å². The molecule has 1 aromatic rings. The van der Waals surface area contributed by atoms with E-state index in [1.54, 1.807) is 17.3 Å². The molecule has 3 rings (SSSR count). The van der Waals surface area contributed by atoms with E-state index in [9.17, 15) is 8.42 Å². The van der Waals surface area contributed by atoms with Crippen molar-refractivity contribution in [3.8, 4) is 0 Å². The number of rotatable bonds is 4. The van der Waals surface area contributed by atoms with Crippen LogP contribution in [0.2, 0.25) is 0 Å². The standard InChI is InChI=1S/C15H22ClNO3S/c1-11-15(9-13(10-16)20-11)21(18,19)17-8-4-7-14(17)12-5-2-3-6-12/h9,12,14H,2-8,10H2,1H3. The summed E-state index contributed by atoms with van der Waals surface area (Å²) in [5, 5.41) is 0. The van der Waals surface area contributed by atoms with Gasteiger partial charge in [0.2, 0.25) is 10.0 Å². The fourth-order valence-electron chi connectivity index (χ4n) is 3.85. The van der Waals surface area contributed by atoms with Gasteiger partial charge in [0, 0.05) is 18.7 Å². The maximum Gasteiger partial charge on any atom is 0.246 e. The molecule has 0 amide bonds. The number of nitrogens with zero attached hydrogens (tertiary/aromatic N) is 1. The van der Waals surface area contributed by atoms with Crippen LogP contribution in [0, 0.1) is 12.8 Å². The van der Waals surface area contributed by atoms with Gasteiger partial charge in [-0.1, -0.05) is 12.8 Å². The third-order valence-electron chi connectivity index (χ3n) is 4.83. The molecule has 0 radical (unpaired) electrons. The first-order chi connectivity index (χ1) is 10.0. The summed E-state index contributed by atoms with van der Waals surface area (Å²) in [4.78, 5) is 0.294. The number of aryl methyl sites for hydroxylation is 1. The van der Waals surface area contributed by atoms with Gasteiger partial charge in [-0.05, 0) is 38.5 Å². The Morgan fingerprint density at radius 3 is 2.62 bits per heavy atom. The van der Waals surface area contributed by atoms with E-state index in [0.29, 0.717) is 28.9 Å². The minimum Gasteiger partial charge on any atom is -0.464 e. The van der Waals surface area contributed by atoms with Crippen molar-refractivity contribution < 1.29 is 12.8 Å². The quantitative estimate of drug-likeness (QED) is 0.791. The van der Waals surface area contributed by atoms with Gasteiger partial charge >= 0.3 is 0 Å². The van der Waals surface area contributed by atoms with Crippen LogP contribution in [-0.2, 0) is 15.9 Å². The molecular weight excluding hydrogens is 310 g/mol. The molecule has 0 aromatic carbocycles. The maximum absolute atomic E-state index is 13.0. The highest BCUT2D eigenvalue weighted by atomic mass is 35.5. The SMILES string of the molecule is Cc1oc(CCl)cc1S(=O)(=O)N1CCCC1C1CCCC1. The van der Waals surface area contributed by atoms with E-state index < -0.39 is 10.0 Å². The lowest BCUT2D eigenvalue weighted by Crippen LogP contribution is -2.39. The number of hydrogen-bond donors (Lipinski definition) is 0. The molecule has 2 fully saturated rings. The van der Waals surface area contributed by atoms with Crippen molar-refractivity contribution in [1.82, 2.24) is 4.31 Å². The van der Waals surface area contributed by atoms with Crippen molar-refractivity contribution in [2.45, 2.75) is 62.3 Å². The first-order valence-electron chi connectivity index (χ1n) is 7.71. The van der Waals surface area contributed by atoms with Crippen LogP contribution in [0.5, 0.6) is 0 Å². The van der Waals surface area contributed by atoms with Gasteiger partial charge in [0.05, 0.1) is 5.88 Å². The summed E-state index contributed by atoms with van der Waals surface area (Å²) in [6.07, 6.45) is 6.73. The number of sulfonamides is 1. The number of alkyl halides is 1. The highest BCUT2D eigenvalue weighted by Crippen LogP contribution is 2.38. The molecule has 1 aliphatic carbocycles. The van der Waals surface area contributed by atoms with Crippen LogP contribution in [0.4, 0.5) is 0 Å². The Morgan fingerprint density at radius 2 is 2.00 bits per heavy atom. The molecule has 0 spiro atoms. The fraction of sp³-hybridized carbons (Fsp3) is 0.733. The second-order valence-corrected chi connectivity index (χ2v) is 8.26. The predicted octanol–water partition coefficient (Wildman–Crippen LogP) is 3.67.